The molecule has 4 aromatic rings. The molecule has 0 radical (unpaired) electrons. The number of fused-ring (bicyclic) bond motifs is 2. The van der Waals surface area contributed by atoms with Crippen molar-refractivity contribution in [1.82, 2.24) is 24.8 Å². The molecule has 2 aliphatic heterocycles. The van der Waals surface area contributed by atoms with E-state index in [1.165, 1.54) is 0 Å². The molecule has 4 N–H and O–H groups in total. The third-order valence-corrected chi connectivity index (χ3v) is 7.72. The predicted molar refractivity (Wildman–Crippen MR) is 170 cm³/mol. The van der Waals surface area contributed by atoms with Crippen molar-refractivity contribution < 1.29 is 37.4 Å². The van der Waals surface area contributed by atoms with Crippen LogP contribution >= 0.6 is 0 Å². The number of rotatable bonds is 13. The molecule has 12 nitrogen and oxygen atoms in total. The third kappa shape index (κ3) is 6.07. The summed E-state index contributed by atoms with van der Waals surface area (Å²) < 4.78 is 52.6. The van der Waals surface area contributed by atoms with Crippen LogP contribution in [0.15, 0.2) is 84.7 Å². The van der Waals surface area contributed by atoms with Crippen LogP contribution < -0.4 is 20.8 Å². The first kappa shape index (κ1) is 31.2. The largest absolute Gasteiger partial charge is 0.640 e. The highest BCUT2D eigenvalue weighted by Gasteiger charge is 2.49. The zero-order valence-electron chi connectivity index (χ0n) is 25.3. The van der Waals surface area contributed by atoms with Crippen LogP contribution in [-0.4, -0.2) is 94.5 Å². The molecule has 46 heavy (non-hydrogen) atoms. The Kier molecular flexibility index (Phi) is 9.03. The summed E-state index contributed by atoms with van der Waals surface area (Å²) in [6.45, 7) is -2.60. The molecular formula is C30H33B2F2N7O5. The van der Waals surface area contributed by atoms with Crippen LogP contribution in [0.3, 0.4) is 0 Å². The first-order valence-corrected chi connectivity index (χ1v) is 14.7. The van der Waals surface area contributed by atoms with E-state index in [-0.39, 0.29) is 6.61 Å². The molecule has 0 spiro atoms. The van der Waals surface area contributed by atoms with E-state index >= 15 is 8.63 Å². The van der Waals surface area contributed by atoms with Gasteiger partial charge in [0, 0.05) is 38.1 Å². The molecule has 0 aliphatic carbocycles. The molecule has 4 heterocycles. The summed E-state index contributed by atoms with van der Waals surface area (Å²) in [7, 11) is 1.58. The van der Waals surface area contributed by atoms with Gasteiger partial charge in [-0.05, 0) is 53.5 Å². The molecule has 0 unspecified atom stereocenters. The topological polar surface area (TPSA) is 131 Å². The number of ether oxygens (including phenoxy) is 3. The molecule has 6 rings (SSSR count). The Morgan fingerprint density at radius 2 is 1.63 bits per heavy atom. The van der Waals surface area contributed by atoms with E-state index in [4.69, 9.17) is 14.2 Å². The number of methoxy groups -OCH3 is 2. The fourth-order valence-electron chi connectivity index (χ4n) is 5.53. The number of benzene rings is 2. The first-order valence-electron chi connectivity index (χ1n) is 14.7. The first-order chi connectivity index (χ1) is 22.3. The fraction of sp³-hybridized carbons (Fsp3) is 0.233. The fourth-order valence-corrected chi connectivity index (χ4v) is 5.53. The average Bonchev–Trinajstić information content (AvgIpc) is 3.81. The van der Waals surface area contributed by atoms with Gasteiger partial charge in [0.2, 0.25) is 5.84 Å². The molecule has 2 aromatic carbocycles. The van der Waals surface area contributed by atoms with Crippen LogP contribution in [0.2, 0.25) is 0 Å². The van der Waals surface area contributed by atoms with E-state index in [0.717, 1.165) is 14.5 Å². The van der Waals surface area contributed by atoms with E-state index in [0.29, 0.717) is 77.5 Å². The molecule has 2 aliphatic rings. The summed E-state index contributed by atoms with van der Waals surface area (Å²) in [5, 5.41) is 33.1. The second-order valence-corrected chi connectivity index (χ2v) is 10.7. The van der Waals surface area contributed by atoms with Gasteiger partial charge in [0.1, 0.15) is 24.6 Å². The molecule has 238 valence electrons. The van der Waals surface area contributed by atoms with Crippen LogP contribution in [0.5, 0.6) is 5.75 Å². The maximum absolute atomic E-state index is 16.4. The Balaban J connectivity index is 1.25. The summed E-state index contributed by atoms with van der Waals surface area (Å²) >= 11 is 0. The zero-order valence-corrected chi connectivity index (χ0v) is 25.3. The van der Waals surface area contributed by atoms with Crippen molar-refractivity contribution in [3.8, 4) is 11.4 Å². The van der Waals surface area contributed by atoms with Crippen LogP contribution in [0.1, 0.15) is 17.0 Å². The smallest absolute Gasteiger partial charge is 0.487 e. The maximum Gasteiger partial charge on any atom is 0.640 e. The highest BCUT2D eigenvalue weighted by atomic mass is 19.2. The van der Waals surface area contributed by atoms with Crippen molar-refractivity contribution in [2.24, 2.45) is 0 Å². The lowest BCUT2D eigenvalue weighted by atomic mass is 9.80. The number of nitrogens with one attached hydrogen (secondary N) is 2. The normalized spacial score (nSPS) is 14.8. The number of anilines is 1. The number of aromatic nitrogens is 4. The zero-order chi connectivity index (χ0) is 32.3. The number of halogens is 2. The van der Waals surface area contributed by atoms with Gasteiger partial charge in [-0.2, -0.15) is 0 Å². The van der Waals surface area contributed by atoms with Crippen molar-refractivity contribution in [2.75, 3.05) is 45.8 Å². The monoisotopic (exact) mass is 631 g/mol. The number of amidine groups is 1. The van der Waals surface area contributed by atoms with Gasteiger partial charge in [-0.15, -0.1) is 5.10 Å². The molecule has 16 heteroatoms. The van der Waals surface area contributed by atoms with Gasteiger partial charge in [0.15, 0.2) is 0 Å². The Bertz CT molecular complexity index is 1790. The Hall–Kier alpha value is -4.76. The standard InChI is InChI=1S/C30H33B2F2N7O5/c1-44-17-15-35-28-13-11-26-30(27-12-14-29(36-16-18-45-2)41(27)32(33,34)40(26)28)21-3-9-25(10-4-21)46-20-23-19-39(38-37-23)24-7-5-22(6-8-24)31(42)43/h3-14,19,35-36,42-43H,15-18,20H2,1-2H3. The van der Waals surface area contributed by atoms with E-state index in [2.05, 4.69) is 20.9 Å². The van der Waals surface area contributed by atoms with Crippen LogP contribution in [-0.2, 0) is 16.1 Å². The highest BCUT2D eigenvalue weighted by Crippen LogP contribution is 2.41. The molecule has 0 amide bonds. The molecule has 0 saturated carbocycles. The maximum atomic E-state index is 16.4. The van der Waals surface area contributed by atoms with Crippen LogP contribution in [0.25, 0.3) is 11.3 Å². The lowest BCUT2D eigenvalue weighted by Gasteiger charge is -2.37. The molecular weight excluding hydrogens is 598 g/mol. The second kappa shape index (κ2) is 13.3. The van der Waals surface area contributed by atoms with Gasteiger partial charge in [0.05, 0.1) is 36.6 Å². The summed E-state index contributed by atoms with van der Waals surface area (Å²) in [5.41, 5.74) is 3.84. The molecule has 0 fully saturated rings. The van der Waals surface area contributed by atoms with Gasteiger partial charge >= 0.3 is 14.1 Å². The van der Waals surface area contributed by atoms with E-state index < -0.39 is 14.1 Å². The van der Waals surface area contributed by atoms with Gasteiger partial charge in [-0.3, -0.25) is 5.32 Å². The lowest BCUT2D eigenvalue weighted by molar-refractivity contribution is -0.363. The van der Waals surface area contributed by atoms with E-state index in [9.17, 15) is 10.0 Å². The average molecular weight is 631 g/mol. The minimum atomic E-state index is -4.24. The molecule has 0 atom stereocenters. The van der Waals surface area contributed by atoms with Crippen LogP contribution in [0.4, 0.5) is 14.4 Å². The predicted octanol–water partition coefficient (Wildman–Crippen LogP) is 1.60. The second-order valence-electron chi connectivity index (χ2n) is 10.7. The van der Waals surface area contributed by atoms with Gasteiger partial charge in [0.25, 0.3) is 0 Å². The van der Waals surface area contributed by atoms with Crippen molar-refractivity contribution in [2.45, 2.75) is 6.61 Å². The van der Waals surface area contributed by atoms with E-state index in [1.807, 2.05) is 12.1 Å². The Morgan fingerprint density at radius 1 is 0.913 bits per heavy atom. The molecule has 0 bridgehead atoms. The Morgan fingerprint density at radius 3 is 2.33 bits per heavy atom. The number of hydrogen-bond acceptors (Lipinski definition) is 9. The minimum Gasteiger partial charge on any atom is -0.487 e. The van der Waals surface area contributed by atoms with Gasteiger partial charge in [-0.25, -0.2) is 4.68 Å². The molecule has 0 saturated heterocycles. The highest BCUT2D eigenvalue weighted by molar-refractivity contribution is 6.59. The van der Waals surface area contributed by atoms with Crippen molar-refractivity contribution in [3.63, 3.8) is 0 Å². The Labute approximate surface area is 264 Å². The number of hydrogen-bond donors (Lipinski definition) is 4. The van der Waals surface area contributed by atoms with Crippen molar-refractivity contribution in [3.05, 3.63) is 102 Å². The quantitative estimate of drug-likeness (QED) is 0.129. The third-order valence-electron chi connectivity index (χ3n) is 7.72. The van der Waals surface area contributed by atoms with Gasteiger partial charge in [-0.1, -0.05) is 29.5 Å². The van der Waals surface area contributed by atoms with E-state index in [1.54, 1.807) is 85.8 Å². The number of nitrogens with zero attached hydrogens (tertiary/aromatic N) is 5. The molecule has 2 aromatic heterocycles. The minimum absolute atomic E-state index is 0.150. The summed E-state index contributed by atoms with van der Waals surface area (Å²) in [4.78, 5) is 0. The number of allylic oxidation sites excluding steroid dienone is 1. The van der Waals surface area contributed by atoms with Crippen molar-refractivity contribution >= 4 is 36.8 Å². The lowest BCUT2D eigenvalue weighted by Crippen LogP contribution is -2.53. The summed E-state index contributed by atoms with van der Waals surface area (Å²) in [6, 6.07) is 17.3. The van der Waals surface area contributed by atoms with Crippen LogP contribution in [0, 0.1) is 0 Å². The SMILES string of the molecule is COCCNC1=[N+]2C(=C(c3ccc(OCc4cn(-c5ccc(B(O)O)cc5)nn4)cc3)c3ccc(NCCOC)n3[B-]2(F)F)C=C1. The summed E-state index contributed by atoms with van der Waals surface area (Å²) in [6.07, 6.45) is 5.10. The summed E-state index contributed by atoms with van der Waals surface area (Å²) in [5.74, 6) is 1.17. The van der Waals surface area contributed by atoms with Crippen molar-refractivity contribution in [1.29, 1.82) is 0 Å². The van der Waals surface area contributed by atoms with Gasteiger partial charge < -0.3 is 47.2 Å².